The van der Waals surface area contributed by atoms with Gasteiger partial charge in [0.2, 0.25) is 0 Å². The van der Waals surface area contributed by atoms with Crippen LogP contribution in [0.15, 0.2) is 140 Å². The van der Waals surface area contributed by atoms with Gasteiger partial charge in [-0.25, -0.2) is 0 Å². The Kier molecular flexibility index (Phi) is 7.14. The molecule has 0 radical (unpaired) electrons. The van der Waals surface area contributed by atoms with E-state index in [1.807, 2.05) is 0 Å². The fourth-order valence-electron chi connectivity index (χ4n) is 5.56. The third-order valence-corrected chi connectivity index (χ3v) is 13.0. The molecule has 5 rings (SSSR count). The molecule has 1 atom stereocenters. The van der Waals surface area contributed by atoms with Crippen LogP contribution >= 0.6 is 18.9 Å². The molecule has 0 heterocycles. The standard InChI is InChI=1S/C33H30ClP/c1-26-15-11-12-22-30(26)31-23-13-14-24-32(31)33(25-34)35(27-16-5-2-6-17-27,28-18-7-3-8-19-28)29-20-9-4-10-21-29/h2-24,33,35H,25H2,1H3/t33-/m1/s1. The Hall–Kier alpha value is -3.18. The molecule has 5 aromatic rings. The molecule has 2 heteroatoms. The van der Waals surface area contributed by atoms with E-state index >= 15 is 0 Å². The Labute approximate surface area is 214 Å². The first-order chi connectivity index (χ1) is 17.3. The van der Waals surface area contributed by atoms with Crippen molar-refractivity contribution in [3.8, 4) is 11.1 Å². The van der Waals surface area contributed by atoms with Gasteiger partial charge in [-0.15, -0.1) is 0 Å². The number of hydrogen-bond acceptors (Lipinski definition) is 0. The monoisotopic (exact) mass is 492 g/mol. The van der Waals surface area contributed by atoms with Crippen molar-refractivity contribution in [1.82, 2.24) is 0 Å². The van der Waals surface area contributed by atoms with Crippen molar-refractivity contribution < 1.29 is 0 Å². The van der Waals surface area contributed by atoms with E-state index < -0.39 is 7.26 Å². The van der Waals surface area contributed by atoms with Crippen LogP contribution < -0.4 is 15.9 Å². The minimum atomic E-state index is -2.61. The van der Waals surface area contributed by atoms with Gasteiger partial charge in [-0.05, 0) is 0 Å². The molecule has 0 aromatic heterocycles. The van der Waals surface area contributed by atoms with E-state index in [9.17, 15) is 0 Å². The normalized spacial score (nSPS) is 12.7. The van der Waals surface area contributed by atoms with Gasteiger partial charge >= 0.3 is 215 Å². The first-order valence-electron chi connectivity index (χ1n) is 12.1. The van der Waals surface area contributed by atoms with Crippen molar-refractivity contribution in [2.75, 3.05) is 5.88 Å². The van der Waals surface area contributed by atoms with Crippen LogP contribution in [0.3, 0.4) is 0 Å². The van der Waals surface area contributed by atoms with Crippen molar-refractivity contribution in [3.05, 3.63) is 151 Å². The molecule has 0 fully saturated rings. The molecule has 35 heavy (non-hydrogen) atoms. The summed E-state index contributed by atoms with van der Waals surface area (Å²) in [7, 11) is -2.61. The predicted molar refractivity (Wildman–Crippen MR) is 157 cm³/mol. The summed E-state index contributed by atoms with van der Waals surface area (Å²) in [6, 6.07) is 50.7. The summed E-state index contributed by atoms with van der Waals surface area (Å²) in [6.45, 7) is 2.19. The Morgan fingerprint density at radius 3 is 1.37 bits per heavy atom. The molecular weight excluding hydrogens is 463 g/mol. The summed E-state index contributed by atoms with van der Waals surface area (Å²) in [5.74, 6) is 0.536. The third-order valence-electron chi connectivity index (χ3n) is 7.14. The van der Waals surface area contributed by atoms with Gasteiger partial charge in [-0.1, -0.05) is 0 Å². The first-order valence-corrected chi connectivity index (χ1v) is 14.8. The van der Waals surface area contributed by atoms with Crippen LogP contribution in [0.5, 0.6) is 0 Å². The summed E-state index contributed by atoms with van der Waals surface area (Å²) in [5, 5.41) is 4.13. The van der Waals surface area contributed by atoms with Crippen molar-refractivity contribution in [2.45, 2.75) is 12.6 Å². The first kappa shape index (κ1) is 23.6. The summed E-state index contributed by atoms with van der Waals surface area (Å²) in [4.78, 5) is 0. The molecule has 0 saturated heterocycles. The van der Waals surface area contributed by atoms with Crippen molar-refractivity contribution in [1.29, 1.82) is 0 Å². The van der Waals surface area contributed by atoms with Crippen LogP contribution in [0.25, 0.3) is 11.1 Å². The quantitative estimate of drug-likeness (QED) is 0.161. The van der Waals surface area contributed by atoms with E-state index in [0.717, 1.165) is 0 Å². The molecule has 0 unspecified atom stereocenters. The van der Waals surface area contributed by atoms with Gasteiger partial charge in [0.25, 0.3) is 0 Å². The molecule has 0 amide bonds. The zero-order valence-electron chi connectivity index (χ0n) is 19.9. The Morgan fingerprint density at radius 1 is 0.514 bits per heavy atom. The molecule has 0 nitrogen and oxygen atoms in total. The molecule has 0 aliphatic rings. The fourth-order valence-corrected chi connectivity index (χ4v) is 11.7. The van der Waals surface area contributed by atoms with Gasteiger partial charge < -0.3 is 0 Å². The van der Waals surface area contributed by atoms with Gasteiger partial charge in [-0.2, -0.15) is 0 Å². The molecule has 0 bridgehead atoms. The van der Waals surface area contributed by atoms with E-state index in [4.69, 9.17) is 11.6 Å². The average Bonchev–Trinajstić information content (AvgIpc) is 2.93. The Morgan fingerprint density at radius 2 is 0.914 bits per heavy atom. The molecule has 5 aromatic carbocycles. The number of alkyl halides is 1. The number of halogens is 1. The zero-order chi connectivity index (χ0) is 24.1. The second-order valence-corrected chi connectivity index (χ2v) is 13.4. The summed E-state index contributed by atoms with van der Waals surface area (Å²) in [5.41, 5.74) is 5.28. The summed E-state index contributed by atoms with van der Waals surface area (Å²) >= 11 is 7.07. The maximum absolute atomic E-state index is 7.07. The van der Waals surface area contributed by atoms with Crippen LogP contribution in [-0.4, -0.2) is 5.88 Å². The van der Waals surface area contributed by atoms with Crippen molar-refractivity contribution in [3.63, 3.8) is 0 Å². The topological polar surface area (TPSA) is 0 Å². The molecular formula is C33H30ClP. The molecule has 0 aliphatic heterocycles. The molecule has 174 valence electrons. The van der Waals surface area contributed by atoms with E-state index in [0.29, 0.717) is 5.88 Å². The SMILES string of the molecule is Cc1ccccc1-c1ccccc1[C@@H](CCl)[PH](c1ccccc1)(c1ccccc1)c1ccccc1. The second kappa shape index (κ2) is 10.6. The van der Waals surface area contributed by atoms with Gasteiger partial charge in [-0.3, -0.25) is 0 Å². The van der Waals surface area contributed by atoms with Gasteiger partial charge in [0.1, 0.15) is 0 Å². The molecule has 0 saturated carbocycles. The summed E-state index contributed by atoms with van der Waals surface area (Å²) in [6.07, 6.45) is 0. The van der Waals surface area contributed by atoms with Crippen molar-refractivity contribution in [2.24, 2.45) is 0 Å². The van der Waals surface area contributed by atoms with E-state index in [1.54, 1.807) is 0 Å². The summed E-state index contributed by atoms with van der Waals surface area (Å²) < 4.78 is 0. The second-order valence-electron chi connectivity index (χ2n) is 9.02. The number of rotatable bonds is 7. The van der Waals surface area contributed by atoms with Crippen LogP contribution in [-0.2, 0) is 0 Å². The van der Waals surface area contributed by atoms with Gasteiger partial charge in [0.15, 0.2) is 0 Å². The van der Waals surface area contributed by atoms with Crippen LogP contribution in [0.2, 0.25) is 0 Å². The third kappa shape index (κ3) is 4.34. The van der Waals surface area contributed by atoms with Gasteiger partial charge in [0, 0.05) is 0 Å². The average molecular weight is 493 g/mol. The van der Waals surface area contributed by atoms with Gasteiger partial charge in [0.05, 0.1) is 0 Å². The number of hydrogen-bond donors (Lipinski definition) is 0. The number of aryl methyl sites for hydroxylation is 1. The maximum atomic E-state index is 7.07. The zero-order valence-corrected chi connectivity index (χ0v) is 21.7. The Balaban J connectivity index is 1.88. The van der Waals surface area contributed by atoms with Crippen LogP contribution in [0, 0.1) is 6.92 Å². The van der Waals surface area contributed by atoms with E-state index in [-0.39, 0.29) is 5.66 Å². The van der Waals surface area contributed by atoms with Crippen molar-refractivity contribution >= 4 is 34.8 Å². The molecule has 0 spiro atoms. The van der Waals surface area contributed by atoms with Crippen LogP contribution in [0.1, 0.15) is 16.8 Å². The molecule has 0 aliphatic carbocycles. The Bertz CT molecular complexity index is 1280. The minimum absolute atomic E-state index is 0.132. The van der Waals surface area contributed by atoms with E-state index in [1.165, 1.54) is 38.2 Å². The molecule has 0 N–H and O–H groups in total. The van der Waals surface area contributed by atoms with Crippen LogP contribution in [0.4, 0.5) is 0 Å². The fraction of sp³-hybridized carbons (Fsp3) is 0.0909. The van der Waals surface area contributed by atoms with E-state index in [2.05, 4.69) is 146 Å². The predicted octanol–water partition coefficient (Wildman–Crippen LogP) is 7.67. The number of benzene rings is 5.